The van der Waals surface area contributed by atoms with Gasteiger partial charge in [0.25, 0.3) is 0 Å². The number of aliphatic hydroxyl groups is 2. The molecule has 5 saturated carbocycles. The second kappa shape index (κ2) is 12.5. The molecule has 14 atom stereocenters. The van der Waals surface area contributed by atoms with Crippen molar-refractivity contribution in [3.05, 3.63) is 0 Å². The lowest BCUT2D eigenvalue weighted by atomic mass is 9.41. The van der Waals surface area contributed by atoms with E-state index in [0.717, 1.165) is 45.3 Å². The Morgan fingerprint density at radius 1 is 1.00 bits per heavy atom. The molecule has 3 saturated heterocycles. The standard InChI is InChI=1S/C41H68N2O8/c1-9-47-34(37(5,6)46)26-22-25(2)31-32(50-26)33(44)39(8)28-11-10-27-36(3,4)29(12-13-40(27)24-41(28,40)15-14-38(31,39)7)51-30-23-42(18-20-48-30)16-17-43-19-21-49-35(43)45/h25-34,44,46H,9-24H2,1-8H3/t25-,26-,27+,28+,29?,30+,31+,32+,33+,34+,38-,39-,40-,41+/m1/s1. The predicted octanol–water partition coefficient (Wildman–Crippen LogP) is 5.47. The lowest BCUT2D eigenvalue weighted by molar-refractivity contribution is -0.248. The van der Waals surface area contributed by atoms with Gasteiger partial charge in [-0.1, -0.05) is 34.6 Å². The summed E-state index contributed by atoms with van der Waals surface area (Å²) in [5.41, 5.74) is -0.632. The van der Waals surface area contributed by atoms with Crippen molar-refractivity contribution in [1.82, 2.24) is 9.80 Å². The lowest BCUT2D eigenvalue weighted by Crippen LogP contribution is -2.60. The molecule has 3 aliphatic heterocycles. The number of hydrogen-bond donors (Lipinski definition) is 2. The van der Waals surface area contributed by atoms with E-state index in [1.165, 1.54) is 25.7 Å². The minimum absolute atomic E-state index is 0.00103. The Balaban J connectivity index is 0.976. The maximum absolute atomic E-state index is 12.6. The van der Waals surface area contributed by atoms with Crippen molar-refractivity contribution in [2.75, 3.05) is 52.5 Å². The van der Waals surface area contributed by atoms with Gasteiger partial charge in [-0.15, -0.1) is 0 Å². The summed E-state index contributed by atoms with van der Waals surface area (Å²) < 4.78 is 31.4. The van der Waals surface area contributed by atoms with Crippen LogP contribution in [-0.4, -0.2) is 121 Å². The Morgan fingerprint density at radius 3 is 2.45 bits per heavy atom. The third kappa shape index (κ3) is 5.29. The summed E-state index contributed by atoms with van der Waals surface area (Å²) in [5, 5.41) is 23.7. The summed E-state index contributed by atoms with van der Waals surface area (Å²) in [5.74, 6) is 1.74. The van der Waals surface area contributed by atoms with Crippen molar-refractivity contribution in [3.8, 4) is 0 Å². The maximum atomic E-state index is 12.6. The van der Waals surface area contributed by atoms with Crippen LogP contribution in [0.4, 0.5) is 4.79 Å². The van der Waals surface area contributed by atoms with Crippen LogP contribution < -0.4 is 0 Å². The molecule has 10 heteroatoms. The van der Waals surface area contributed by atoms with Gasteiger partial charge in [0.15, 0.2) is 6.29 Å². The minimum Gasteiger partial charge on any atom is -0.448 e. The maximum Gasteiger partial charge on any atom is 0.409 e. The predicted molar refractivity (Wildman–Crippen MR) is 192 cm³/mol. The highest BCUT2D eigenvalue weighted by Gasteiger charge is 2.84. The second-order valence-corrected chi connectivity index (χ2v) is 19.9. The molecular weight excluding hydrogens is 648 g/mol. The van der Waals surface area contributed by atoms with E-state index < -0.39 is 17.8 Å². The van der Waals surface area contributed by atoms with Crippen LogP contribution in [-0.2, 0) is 23.7 Å². The molecule has 51 heavy (non-hydrogen) atoms. The van der Waals surface area contributed by atoms with Gasteiger partial charge in [0.2, 0.25) is 0 Å². The zero-order valence-electron chi connectivity index (χ0n) is 32.8. The van der Waals surface area contributed by atoms with Gasteiger partial charge >= 0.3 is 6.09 Å². The number of carbonyl (C=O) groups excluding carboxylic acids is 1. The molecule has 8 fully saturated rings. The first-order valence-electron chi connectivity index (χ1n) is 20.6. The van der Waals surface area contributed by atoms with Crippen LogP contribution in [0.3, 0.4) is 0 Å². The van der Waals surface area contributed by atoms with Crippen LogP contribution in [0.15, 0.2) is 0 Å². The number of morpholine rings is 1. The molecule has 0 aromatic carbocycles. The smallest absolute Gasteiger partial charge is 0.409 e. The van der Waals surface area contributed by atoms with Gasteiger partial charge in [0, 0.05) is 38.2 Å². The van der Waals surface area contributed by atoms with E-state index in [4.69, 9.17) is 23.7 Å². The molecular formula is C41H68N2O8. The van der Waals surface area contributed by atoms with Crippen molar-refractivity contribution >= 4 is 6.09 Å². The van der Waals surface area contributed by atoms with Gasteiger partial charge in [-0.3, -0.25) is 4.90 Å². The topological polar surface area (TPSA) is 110 Å². The first-order chi connectivity index (χ1) is 24.0. The van der Waals surface area contributed by atoms with E-state index in [1.807, 2.05) is 20.8 Å². The van der Waals surface area contributed by atoms with Crippen molar-refractivity contribution in [2.24, 2.45) is 50.7 Å². The van der Waals surface area contributed by atoms with Crippen LogP contribution in [0.5, 0.6) is 0 Å². The van der Waals surface area contributed by atoms with Crippen LogP contribution in [0, 0.1) is 50.7 Å². The van der Waals surface area contributed by atoms with Gasteiger partial charge < -0.3 is 38.8 Å². The number of ether oxygens (including phenoxy) is 5. The first-order valence-corrected chi connectivity index (χ1v) is 20.6. The van der Waals surface area contributed by atoms with Gasteiger partial charge in [-0.05, 0) is 117 Å². The van der Waals surface area contributed by atoms with Gasteiger partial charge in [0.1, 0.15) is 12.7 Å². The molecule has 10 nitrogen and oxygen atoms in total. The fourth-order valence-electron chi connectivity index (χ4n) is 14.7. The molecule has 0 aromatic heterocycles. The highest BCUT2D eigenvalue weighted by molar-refractivity contribution is 5.69. The quantitative estimate of drug-likeness (QED) is 0.321. The monoisotopic (exact) mass is 716 g/mol. The first kappa shape index (κ1) is 36.9. The van der Waals surface area contributed by atoms with Crippen LogP contribution >= 0.6 is 0 Å². The van der Waals surface area contributed by atoms with Crippen molar-refractivity contribution in [2.45, 2.75) is 149 Å². The number of amides is 1. The largest absolute Gasteiger partial charge is 0.448 e. The van der Waals surface area contributed by atoms with Gasteiger partial charge in [-0.25, -0.2) is 4.79 Å². The zero-order valence-corrected chi connectivity index (χ0v) is 32.8. The van der Waals surface area contributed by atoms with Crippen molar-refractivity contribution in [3.63, 3.8) is 0 Å². The molecule has 0 radical (unpaired) electrons. The molecule has 8 rings (SSSR count). The highest BCUT2D eigenvalue weighted by Crippen LogP contribution is 2.89. The summed E-state index contributed by atoms with van der Waals surface area (Å²) in [6.45, 7) is 23.3. The van der Waals surface area contributed by atoms with Crippen molar-refractivity contribution < 1.29 is 38.7 Å². The zero-order chi connectivity index (χ0) is 36.4. The Kier molecular flexibility index (Phi) is 9.06. The number of hydrogen-bond acceptors (Lipinski definition) is 9. The SMILES string of the molecule is CCO[C@@H]([C@H]1C[C@@H](C)[C@H]2[C@H](O1)[C@H](O)[C@@]1(C)[C@@H]3CC[C@H]4C(C)(C)C(O[C@H]5CN(CCN6CCOC6=O)CCO5)CC[C@@]45C[C@@]35CC[C@]21C)C(C)(C)O. The average Bonchev–Trinajstić information content (AvgIpc) is 3.49. The summed E-state index contributed by atoms with van der Waals surface area (Å²) in [7, 11) is 0. The number of aliphatic hydroxyl groups excluding tert-OH is 1. The third-order valence-electron chi connectivity index (χ3n) is 17.1. The third-order valence-corrected chi connectivity index (χ3v) is 17.1. The van der Waals surface area contributed by atoms with E-state index in [0.29, 0.717) is 62.0 Å². The molecule has 0 bridgehead atoms. The molecule has 3 heterocycles. The Morgan fingerprint density at radius 2 is 1.75 bits per heavy atom. The van der Waals surface area contributed by atoms with Crippen LogP contribution in [0.1, 0.15) is 107 Å². The summed E-state index contributed by atoms with van der Waals surface area (Å²) in [6, 6.07) is 0. The van der Waals surface area contributed by atoms with E-state index in [2.05, 4.69) is 39.5 Å². The molecule has 2 N–H and O–H groups in total. The molecule has 1 unspecified atom stereocenters. The number of rotatable bonds is 9. The van der Waals surface area contributed by atoms with Crippen LogP contribution in [0.25, 0.3) is 0 Å². The molecule has 2 spiro atoms. The fraction of sp³-hybridized carbons (Fsp3) is 0.976. The number of carbonyl (C=O) groups is 1. The molecule has 0 aromatic rings. The molecule has 1 amide bonds. The Bertz CT molecular complexity index is 1340. The average molecular weight is 717 g/mol. The fourth-order valence-corrected chi connectivity index (χ4v) is 14.7. The highest BCUT2D eigenvalue weighted by atomic mass is 16.7. The molecule has 290 valence electrons. The second-order valence-electron chi connectivity index (χ2n) is 19.9. The van der Waals surface area contributed by atoms with E-state index in [1.54, 1.807) is 4.90 Å². The Hall–Kier alpha value is -1.01. The minimum atomic E-state index is -1.02. The van der Waals surface area contributed by atoms with E-state index in [-0.39, 0.29) is 52.4 Å². The van der Waals surface area contributed by atoms with Gasteiger partial charge in [-0.2, -0.15) is 0 Å². The number of cyclic esters (lactones) is 1. The van der Waals surface area contributed by atoms with E-state index >= 15 is 0 Å². The Labute approximate surface area is 306 Å². The van der Waals surface area contributed by atoms with Crippen LogP contribution in [0.2, 0.25) is 0 Å². The summed E-state index contributed by atoms with van der Waals surface area (Å²) in [6.07, 6.45) is 7.39. The van der Waals surface area contributed by atoms with E-state index in [9.17, 15) is 15.0 Å². The van der Waals surface area contributed by atoms with Crippen molar-refractivity contribution in [1.29, 1.82) is 0 Å². The summed E-state index contributed by atoms with van der Waals surface area (Å²) in [4.78, 5) is 16.1. The molecule has 5 aliphatic carbocycles. The normalized spacial score (nSPS) is 49.6. The number of nitrogens with zero attached hydrogens (tertiary/aromatic N) is 2. The lowest BCUT2D eigenvalue weighted by Gasteiger charge is -2.64. The number of fused-ring (bicyclic) bond motifs is 4. The summed E-state index contributed by atoms with van der Waals surface area (Å²) >= 11 is 0. The van der Waals surface area contributed by atoms with Gasteiger partial charge in [0.05, 0.1) is 43.2 Å². The molecule has 8 aliphatic rings.